The van der Waals surface area contributed by atoms with Crippen LogP contribution in [0, 0.1) is 0 Å². The minimum absolute atomic E-state index is 0.114. The standard InChI is InChI=1S/C12H8BrCl2NO4S/c13-6-3-8(14)12(9(15)4-6)20-7-1-2-10(17)11(5-7)21(16,18)19/h1-5,17H,(H2,16,18,19). The van der Waals surface area contributed by atoms with Gasteiger partial charge in [-0.1, -0.05) is 39.1 Å². The van der Waals surface area contributed by atoms with E-state index in [1.807, 2.05) is 0 Å². The van der Waals surface area contributed by atoms with Gasteiger partial charge in [0.15, 0.2) is 5.75 Å². The van der Waals surface area contributed by atoms with Crippen molar-refractivity contribution in [3.63, 3.8) is 0 Å². The van der Waals surface area contributed by atoms with Gasteiger partial charge in [0.05, 0.1) is 10.0 Å². The molecule has 21 heavy (non-hydrogen) atoms. The fraction of sp³-hybridized carbons (Fsp3) is 0. The normalized spacial score (nSPS) is 11.4. The maximum atomic E-state index is 11.3. The first-order chi connectivity index (χ1) is 9.68. The van der Waals surface area contributed by atoms with Crippen molar-refractivity contribution in [2.75, 3.05) is 0 Å². The Morgan fingerprint density at radius 3 is 2.24 bits per heavy atom. The topological polar surface area (TPSA) is 89.6 Å². The molecular weight excluding hydrogens is 405 g/mol. The molecule has 0 saturated heterocycles. The average molecular weight is 413 g/mol. The van der Waals surface area contributed by atoms with Crippen LogP contribution in [0.5, 0.6) is 17.2 Å². The monoisotopic (exact) mass is 411 g/mol. The lowest BCUT2D eigenvalue weighted by Gasteiger charge is -2.11. The molecule has 0 saturated carbocycles. The van der Waals surface area contributed by atoms with Crippen molar-refractivity contribution in [1.82, 2.24) is 0 Å². The molecule has 0 fully saturated rings. The molecule has 0 amide bonds. The molecule has 0 radical (unpaired) electrons. The predicted octanol–water partition coefficient (Wildman–Crippen LogP) is 3.90. The van der Waals surface area contributed by atoms with Crippen LogP contribution in [0.2, 0.25) is 10.0 Å². The zero-order valence-electron chi connectivity index (χ0n) is 10.2. The first kappa shape index (κ1) is 16.4. The number of benzene rings is 2. The van der Waals surface area contributed by atoms with Crippen LogP contribution < -0.4 is 9.88 Å². The lowest BCUT2D eigenvalue weighted by atomic mass is 10.3. The Labute approximate surface area is 139 Å². The molecule has 112 valence electrons. The minimum Gasteiger partial charge on any atom is -0.507 e. The van der Waals surface area contributed by atoms with Gasteiger partial charge in [-0.2, -0.15) is 0 Å². The average Bonchev–Trinajstić information content (AvgIpc) is 2.34. The first-order valence-electron chi connectivity index (χ1n) is 5.36. The fourth-order valence-corrected chi connectivity index (χ4v) is 3.46. The number of primary sulfonamides is 1. The number of phenolic OH excluding ortho intramolecular Hbond substituents is 1. The predicted molar refractivity (Wildman–Crippen MR) is 83.7 cm³/mol. The Hall–Kier alpha value is -0.990. The SMILES string of the molecule is NS(=O)(=O)c1cc(Oc2c(Cl)cc(Br)cc2Cl)ccc1O. The van der Waals surface area contributed by atoms with Gasteiger partial charge in [0.1, 0.15) is 16.4 Å². The van der Waals surface area contributed by atoms with Crippen molar-refractivity contribution in [3.8, 4) is 17.2 Å². The van der Waals surface area contributed by atoms with E-state index in [-0.39, 0.29) is 21.5 Å². The van der Waals surface area contributed by atoms with Crippen LogP contribution in [0.3, 0.4) is 0 Å². The summed E-state index contributed by atoms with van der Waals surface area (Å²) < 4.78 is 28.8. The van der Waals surface area contributed by atoms with Crippen LogP contribution in [-0.4, -0.2) is 13.5 Å². The maximum absolute atomic E-state index is 11.3. The van der Waals surface area contributed by atoms with Gasteiger partial charge in [0.2, 0.25) is 10.0 Å². The fourth-order valence-electron chi connectivity index (χ4n) is 1.53. The molecule has 0 aromatic heterocycles. The van der Waals surface area contributed by atoms with E-state index in [9.17, 15) is 13.5 Å². The van der Waals surface area contributed by atoms with E-state index < -0.39 is 20.7 Å². The third-order valence-corrected chi connectivity index (χ3v) is 4.38. The smallest absolute Gasteiger partial charge is 0.241 e. The van der Waals surface area contributed by atoms with E-state index in [1.54, 1.807) is 12.1 Å². The maximum Gasteiger partial charge on any atom is 0.241 e. The summed E-state index contributed by atoms with van der Waals surface area (Å²) >= 11 is 15.3. The van der Waals surface area contributed by atoms with Crippen molar-refractivity contribution in [2.45, 2.75) is 4.90 Å². The number of ether oxygens (including phenoxy) is 1. The first-order valence-corrected chi connectivity index (χ1v) is 8.46. The third-order valence-electron chi connectivity index (χ3n) is 2.42. The van der Waals surface area contributed by atoms with Gasteiger partial charge in [-0.25, -0.2) is 13.6 Å². The van der Waals surface area contributed by atoms with E-state index in [0.717, 1.165) is 12.1 Å². The van der Waals surface area contributed by atoms with Crippen molar-refractivity contribution >= 4 is 49.2 Å². The molecule has 2 aromatic carbocycles. The van der Waals surface area contributed by atoms with Gasteiger partial charge in [0, 0.05) is 10.5 Å². The molecule has 0 aliphatic rings. The highest BCUT2D eigenvalue weighted by Crippen LogP contribution is 2.39. The van der Waals surface area contributed by atoms with Crippen LogP contribution in [0.25, 0.3) is 0 Å². The number of hydrogen-bond donors (Lipinski definition) is 2. The van der Waals surface area contributed by atoms with Crippen LogP contribution >= 0.6 is 39.1 Å². The van der Waals surface area contributed by atoms with Gasteiger partial charge < -0.3 is 9.84 Å². The number of halogens is 3. The lowest BCUT2D eigenvalue weighted by Crippen LogP contribution is -2.12. The molecule has 0 aliphatic carbocycles. The van der Waals surface area contributed by atoms with Crippen molar-refractivity contribution < 1.29 is 18.3 Å². The summed E-state index contributed by atoms with van der Waals surface area (Å²) in [6.45, 7) is 0. The number of hydrogen-bond acceptors (Lipinski definition) is 4. The Kier molecular flexibility index (Phi) is 4.69. The molecule has 0 aliphatic heterocycles. The molecule has 5 nitrogen and oxygen atoms in total. The summed E-state index contributed by atoms with van der Waals surface area (Å²) in [5, 5.41) is 15.0. The van der Waals surface area contributed by atoms with Crippen molar-refractivity contribution in [1.29, 1.82) is 0 Å². The summed E-state index contributed by atoms with van der Waals surface area (Å²) in [5.41, 5.74) is 0. The van der Waals surface area contributed by atoms with Gasteiger partial charge in [-0.3, -0.25) is 0 Å². The zero-order valence-corrected chi connectivity index (χ0v) is 14.1. The van der Waals surface area contributed by atoms with Crippen LogP contribution in [0.1, 0.15) is 0 Å². The van der Waals surface area contributed by atoms with Crippen LogP contribution in [0.15, 0.2) is 39.7 Å². The number of phenols is 1. The molecule has 2 aromatic rings. The van der Waals surface area contributed by atoms with E-state index in [0.29, 0.717) is 4.47 Å². The molecule has 3 N–H and O–H groups in total. The van der Waals surface area contributed by atoms with Gasteiger partial charge in [0.25, 0.3) is 0 Å². The summed E-state index contributed by atoms with van der Waals surface area (Å²) in [7, 11) is -4.08. The van der Waals surface area contributed by atoms with Gasteiger partial charge in [-0.15, -0.1) is 0 Å². The Balaban J connectivity index is 2.47. The number of rotatable bonds is 3. The molecule has 0 bridgehead atoms. The largest absolute Gasteiger partial charge is 0.507 e. The van der Waals surface area contributed by atoms with E-state index in [2.05, 4.69) is 15.9 Å². The second kappa shape index (κ2) is 6.02. The molecule has 0 heterocycles. The Bertz CT molecular complexity index is 788. The second-order valence-electron chi connectivity index (χ2n) is 3.98. The quantitative estimate of drug-likeness (QED) is 0.799. The molecule has 2 rings (SSSR count). The zero-order chi connectivity index (χ0) is 15.8. The highest BCUT2D eigenvalue weighted by Gasteiger charge is 2.16. The summed E-state index contributed by atoms with van der Waals surface area (Å²) in [5.74, 6) is -0.201. The van der Waals surface area contributed by atoms with E-state index >= 15 is 0 Å². The van der Waals surface area contributed by atoms with Gasteiger partial charge in [-0.05, 0) is 24.3 Å². The Morgan fingerprint density at radius 2 is 1.71 bits per heavy atom. The van der Waals surface area contributed by atoms with Crippen LogP contribution in [-0.2, 0) is 10.0 Å². The molecule has 9 heteroatoms. The second-order valence-corrected chi connectivity index (χ2v) is 7.24. The number of nitrogens with two attached hydrogens (primary N) is 1. The van der Waals surface area contributed by atoms with Gasteiger partial charge >= 0.3 is 0 Å². The summed E-state index contributed by atoms with van der Waals surface area (Å²) in [4.78, 5) is -0.454. The van der Waals surface area contributed by atoms with Crippen molar-refractivity contribution in [2.24, 2.45) is 5.14 Å². The molecule has 0 spiro atoms. The van der Waals surface area contributed by atoms with Crippen LogP contribution in [0.4, 0.5) is 0 Å². The van der Waals surface area contributed by atoms with Crippen molar-refractivity contribution in [3.05, 3.63) is 44.8 Å². The lowest BCUT2D eigenvalue weighted by molar-refractivity contribution is 0.449. The third kappa shape index (κ3) is 3.81. The minimum atomic E-state index is -4.08. The van der Waals surface area contributed by atoms with E-state index in [4.69, 9.17) is 33.1 Å². The number of sulfonamides is 1. The summed E-state index contributed by atoms with van der Waals surface area (Å²) in [6, 6.07) is 6.74. The molecule has 0 atom stereocenters. The highest BCUT2D eigenvalue weighted by atomic mass is 79.9. The highest BCUT2D eigenvalue weighted by molar-refractivity contribution is 9.10. The molecule has 0 unspecified atom stereocenters. The summed E-state index contributed by atoms with van der Waals surface area (Å²) in [6.07, 6.45) is 0. The van der Waals surface area contributed by atoms with E-state index in [1.165, 1.54) is 6.07 Å². The number of aromatic hydroxyl groups is 1. The Morgan fingerprint density at radius 1 is 1.14 bits per heavy atom. The molecular formula is C12H8BrCl2NO4S.